The zero-order chi connectivity index (χ0) is 17.6. The van der Waals surface area contributed by atoms with E-state index in [0.717, 1.165) is 32.4 Å². The summed E-state index contributed by atoms with van der Waals surface area (Å²) >= 11 is 6.01. The minimum absolute atomic E-state index is 0.0944. The molecule has 4 nitrogen and oxygen atoms in total. The van der Waals surface area contributed by atoms with E-state index in [1.54, 1.807) is 18.2 Å². The van der Waals surface area contributed by atoms with Crippen molar-refractivity contribution < 1.29 is 4.79 Å². The van der Waals surface area contributed by atoms with Crippen molar-refractivity contribution in [1.82, 2.24) is 4.90 Å². The Labute approximate surface area is 153 Å². The van der Waals surface area contributed by atoms with E-state index in [9.17, 15) is 10.1 Å². The first-order chi connectivity index (χ1) is 12.2. The summed E-state index contributed by atoms with van der Waals surface area (Å²) in [6.45, 7) is 1.50. The second kappa shape index (κ2) is 8.04. The van der Waals surface area contributed by atoms with Crippen LogP contribution in [0.4, 0.5) is 5.69 Å². The van der Waals surface area contributed by atoms with Gasteiger partial charge in [-0.2, -0.15) is 5.26 Å². The van der Waals surface area contributed by atoms with Crippen molar-refractivity contribution >= 4 is 23.2 Å². The Morgan fingerprint density at radius 2 is 2.04 bits per heavy atom. The number of likely N-dealkylation sites (tertiary alicyclic amines) is 1. The maximum Gasteiger partial charge on any atom is 0.245 e. The van der Waals surface area contributed by atoms with Crippen LogP contribution in [0.1, 0.15) is 24.0 Å². The molecular weight excluding hydrogens is 334 g/mol. The third-order valence-corrected chi connectivity index (χ3v) is 4.70. The lowest BCUT2D eigenvalue weighted by Gasteiger charge is -2.18. The molecule has 1 fully saturated rings. The summed E-state index contributed by atoms with van der Waals surface area (Å²) < 4.78 is 0. The molecule has 3 rings (SSSR count). The number of hydrogen-bond donors (Lipinski definition) is 1. The Morgan fingerprint density at radius 1 is 1.24 bits per heavy atom. The molecule has 1 amide bonds. The van der Waals surface area contributed by atoms with Crippen molar-refractivity contribution in [3.8, 4) is 6.07 Å². The highest BCUT2D eigenvalue weighted by Crippen LogP contribution is 2.24. The number of aryl methyl sites for hydroxylation is 1. The number of carbonyl (C=O) groups is 1. The smallest absolute Gasteiger partial charge is 0.245 e. The molecule has 0 aliphatic carbocycles. The molecule has 25 heavy (non-hydrogen) atoms. The Hall–Kier alpha value is -2.51. The van der Waals surface area contributed by atoms with Crippen LogP contribution in [0.2, 0.25) is 5.02 Å². The van der Waals surface area contributed by atoms with Gasteiger partial charge in [0.05, 0.1) is 11.3 Å². The maximum absolute atomic E-state index is 12.6. The van der Waals surface area contributed by atoms with Crippen LogP contribution in [0.25, 0.3) is 0 Å². The van der Waals surface area contributed by atoms with Crippen LogP contribution in [0.15, 0.2) is 48.5 Å². The van der Waals surface area contributed by atoms with Gasteiger partial charge < -0.3 is 10.2 Å². The molecule has 2 aromatic rings. The highest BCUT2D eigenvalue weighted by molar-refractivity contribution is 6.30. The van der Waals surface area contributed by atoms with Gasteiger partial charge in [-0.15, -0.1) is 0 Å². The molecule has 1 saturated heterocycles. The topological polar surface area (TPSA) is 56.1 Å². The summed E-state index contributed by atoms with van der Waals surface area (Å²) in [6.07, 6.45) is 2.65. The van der Waals surface area contributed by atoms with Gasteiger partial charge in [0.15, 0.2) is 0 Å². The Bertz CT molecular complexity index is 785. The number of halogens is 1. The van der Waals surface area contributed by atoms with Crippen molar-refractivity contribution in [3.63, 3.8) is 0 Å². The van der Waals surface area contributed by atoms with E-state index >= 15 is 0 Å². The van der Waals surface area contributed by atoms with E-state index in [1.807, 2.05) is 23.1 Å². The summed E-state index contributed by atoms with van der Waals surface area (Å²) in [5.41, 5.74) is 2.42. The summed E-state index contributed by atoms with van der Waals surface area (Å²) in [5.74, 6) is 0.0944. The van der Waals surface area contributed by atoms with E-state index in [4.69, 9.17) is 11.6 Å². The fourth-order valence-corrected chi connectivity index (χ4v) is 3.31. The molecule has 0 spiro atoms. The van der Waals surface area contributed by atoms with E-state index in [2.05, 4.69) is 23.5 Å². The number of carbonyl (C=O) groups excluding carboxylic acids is 1. The number of amides is 1. The van der Waals surface area contributed by atoms with Gasteiger partial charge in [-0.05, 0) is 43.0 Å². The van der Waals surface area contributed by atoms with E-state index in [-0.39, 0.29) is 11.9 Å². The molecule has 1 atom stereocenters. The van der Waals surface area contributed by atoms with Gasteiger partial charge in [-0.1, -0.05) is 41.9 Å². The van der Waals surface area contributed by atoms with Crippen molar-refractivity contribution in [1.29, 1.82) is 5.26 Å². The molecule has 5 heteroatoms. The highest BCUT2D eigenvalue weighted by atomic mass is 35.5. The lowest BCUT2D eigenvalue weighted by molar-refractivity contribution is -0.128. The quantitative estimate of drug-likeness (QED) is 0.858. The summed E-state index contributed by atoms with van der Waals surface area (Å²) in [4.78, 5) is 14.5. The number of nitrogens with one attached hydrogen (secondary N) is 1. The van der Waals surface area contributed by atoms with Gasteiger partial charge in [-0.25, -0.2) is 0 Å². The maximum atomic E-state index is 12.6. The van der Waals surface area contributed by atoms with Crippen LogP contribution in [0.3, 0.4) is 0 Å². The number of hydrogen-bond acceptors (Lipinski definition) is 3. The Balaban J connectivity index is 1.55. The standard InChI is InChI=1S/C20H20ClN3O/c21-17-9-8-16(14-22)19(13-17)23-18-10-12-24(20(18)25)11-4-7-15-5-2-1-3-6-15/h1-3,5-6,8-9,13,18,23H,4,7,10-12H2. The fourth-order valence-electron chi connectivity index (χ4n) is 3.13. The minimum Gasteiger partial charge on any atom is -0.373 e. The van der Waals surface area contributed by atoms with Crippen LogP contribution < -0.4 is 5.32 Å². The Kier molecular flexibility index (Phi) is 5.57. The molecule has 0 bridgehead atoms. The second-order valence-electron chi connectivity index (χ2n) is 6.20. The van der Waals surface area contributed by atoms with Crippen molar-refractivity contribution in [2.75, 3.05) is 18.4 Å². The summed E-state index contributed by atoms with van der Waals surface area (Å²) in [5, 5.41) is 12.9. The molecule has 1 heterocycles. The predicted octanol–water partition coefficient (Wildman–Crippen LogP) is 3.86. The lowest BCUT2D eigenvalue weighted by atomic mass is 10.1. The van der Waals surface area contributed by atoms with Gasteiger partial charge in [0.2, 0.25) is 5.91 Å². The average molecular weight is 354 g/mol. The summed E-state index contributed by atoms with van der Waals surface area (Å²) in [6, 6.07) is 17.2. The molecule has 1 unspecified atom stereocenters. The van der Waals surface area contributed by atoms with Crippen LogP contribution in [0, 0.1) is 11.3 Å². The lowest BCUT2D eigenvalue weighted by Crippen LogP contribution is -2.34. The third-order valence-electron chi connectivity index (χ3n) is 4.47. The first-order valence-corrected chi connectivity index (χ1v) is 8.84. The second-order valence-corrected chi connectivity index (χ2v) is 6.64. The van der Waals surface area contributed by atoms with E-state index in [0.29, 0.717) is 16.3 Å². The van der Waals surface area contributed by atoms with Crippen molar-refractivity contribution in [2.24, 2.45) is 0 Å². The van der Waals surface area contributed by atoms with Crippen molar-refractivity contribution in [2.45, 2.75) is 25.3 Å². The van der Waals surface area contributed by atoms with E-state index < -0.39 is 0 Å². The highest BCUT2D eigenvalue weighted by Gasteiger charge is 2.31. The van der Waals surface area contributed by atoms with Gasteiger partial charge in [-0.3, -0.25) is 4.79 Å². The largest absolute Gasteiger partial charge is 0.373 e. The first kappa shape index (κ1) is 17.3. The van der Waals surface area contributed by atoms with Crippen LogP contribution in [-0.4, -0.2) is 29.9 Å². The van der Waals surface area contributed by atoms with Crippen LogP contribution in [-0.2, 0) is 11.2 Å². The zero-order valence-electron chi connectivity index (χ0n) is 13.9. The first-order valence-electron chi connectivity index (χ1n) is 8.46. The normalized spacial score (nSPS) is 16.7. The SMILES string of the molecule is N#Cc1ccc(Cl)cc1NC1CCN(CCCc2ccccc2)C1=O. The van der Waals surface area contributed by atoms with Gasteiger partial charge >= 0.3 is 0 Å². The molecule has 1 aliphatic rings. The fraction of sp³-hybridized carbons (Fsp3) is 0.300. The van der Waals surface area contributed by atoms with Gasteiger partial charge in [0.25, 0.3) is 0 Å². The molecule has 0 saturated carbocycles. The number of rotatable bonds is 6. The Morgan fingerprint density at radius 3 is 2.80 bits per heavy atom. The number of nitrogens with zero attached hydrogens (tertiary/aromatic N) is 2. The van der Waals surface area contributed by atoms with Gasteiger partial charge in [0.1, 0.15) is 12.1 Å². The monoisotopic (exact) mass is 353 g/mol. The predicted molar refractivity (Wildman–Crippen MR) is 99.5 cm³/mol. The number of anilines is 1. The molecule has 2 aromatic carbocycles. The molecule has 0 radical (unpaired) electrons. The molecule has 1 N–H and O–H groups in total. The van der Waals surface area contributed by atoms with Crippen LogP contribution >= 0.6 is 11.6 Å². The zero-order valence-corrected chi connectivity index (χ0v) is 14.7. The average Bonchev–Trinajstić information content (AvgIpc) is 2.96. The van der Waals surface area contributed by atoms with E-state index in [1.165, 1.54) is 5.56 Å². The van der Waals surface area contributed by atoms with Gasteiger partial charge in [0, 0.05) is 18.1 Å². The minimum atomic E-state index is -0.290. The molecule has 128 valence electrons. The molecule has 1 aliphatic heterocycles. The van der Waals surface area contributed by atoms with Crippen LogP contribution in [0.5, 0.6) is 0 Å². The molecular formula is C20H20ClN3O. The number of benzene rings is 2. The summed E-state index contributed by atoms with van der Waals surface area (Å²) in [7, 11) is 0. The molecule has 0 aromatic heterocycles. The van der Waals surface area contributed by atoms with Crippen molar-refractivity contribution in [3.05, 3.63) is 64.7 Å². The number of nitriles is 1. The third kappa shape index (κ3) is 4.32.